The fraction of sp³-hybridized carbons (Fsp3) is 0.833. The zero-order valence-electron chi connectivity index (χ0n) is 8.90. The van der Waals surface area contributed by atoms with E-state index in [1.807, 2.05) is 6.92 Å². The Morgan fingerprint density at radius 2 is 2.23 bits per heavy atom. The molecule has 0 spiro atoms. The van der Waals surface area contributed by atoms with Crippen LogP contribution in [0, 0.1) is 17.8 Å². The summed E-state index contributed by atoms with van der Waals surface area (Å²) in [7, 11) is 0. The van der Waals surface area contributed by atoms with Gasteiger partial charge in [-0.3, -0.25) is 0 Å². The summed E-state index contributed by atoms with van der Waals surface area (Å²) in [4.78, 5) is 0. The second kappa shape index (κ2) is 6.05. The van der Waals surface area contributed by atoms with Crippen LogP contribution in [-0.2, 0) is 0 Å². The Morgan fingerprint density at radius 3 is 2.92 bits per heavy atom. The van der Waals surface area contributed by atoms with E-state index < -0.39 is 0 Å². The second-order valence-electron chi connectivity index (χ2n) is 3.90. The molecule has 2 atom stereocenters. The fourth-order valence-electron chi connectivity index (χ4n) is 2.21. The molecule has 0 radical (unpaired) electrons. The van der Waals surface area contributed by atoms with Crippen molar-refractivity contribution in [2.75, 3.05) is 6.54 Å². The van der Waals surface area contributed by atoms with Gasteiger partial charge >= 0.3 is 0 Å². The molecule has 0 aromatic rings. The minimum absolute atomic E-state index is 0.796. The highest BCUT2D eigenvalue weighted by Gasteiger charge is 2.22. The highest BCUT2D eigenvalue weighted by atomic mass is 14.9. The van der Waals surface area contributed by atoms with E-state index in [1.54, 1.807) is 0 Å². The highest BCUT2D eigenvalue weighted by molar-refractivity contribution is 4.95. The minimum Gasteiger partial charge on any atom is -0.314 e. The molecule has 1 N–H and O–H groups in total. The third-order valence-corrected chi connectivity index (χ3v) is 2.89. The van der Waals surface area contributed by atoms with Crippen LogP contribution in [0.2, 0.25) is 0 Å². The minimum atomic E-state index is 0.796. The normalized spacial score (nSPS) is 26.9. The van der Waals surface area contributed by atoms with Gasteiger partial charge in [-0.1, -0.05) is 6.92 Å². The van der Waals surface area contributed by atoms with Crippen LogP contribution in [0.3, 0.4) is 0 Å². The Balaban J connectivity index is 2.12. The molecular formula is C12H21N. The van der Waals surface area contributed by atoms with Crippen LogP contribution in [0.4, 0.5) is 0 Å². The Labute approximate surface area is 82.3 Å². The lowest BCUT2D eigenvalue weighted by Gasteiger charge is -2.10. The number of nitrogens with one attached hydrogen (secondary N) is 1. The van der Waals surface area contributed by atoms with E-state index >= 15 is 0 Å². The Hall–Kier alpha value is -0.480. The van der Waals surface area contributed by atoms with E-state index in [4.69, 9.17) is 0 Å². The molecule has 0 heterocycles. The van der Waals surface area contributed by atoms with Crippen LogP contribution in [-0.4, -0.2) is 12.6 Å². The van der Waals surface area contributed by atoms with Crippen LogP contribution in [0.15, 0.2) is 0 Å². The molecule has 1 nitrogen and oxygen atoms in total. The van der Waals surface area contributed by atoms with E-state index in [2.05, 4.69) is 24.1 Å². The summed E-state index contributed by atoms with van der Waals surface area (Å²) in [6.07, 6.45) is 6.56. The van der Waals surface area contributed by atoms with Crippen molar-refractivity contribution in [1.29, 1.82) is 0 Å². The average molecular weight is 179 g/mol. The van der Waals surface area contributed by atoms with Crippen molar-refractivity contribution in [3.05, 3.63) is 0 Å². The van der Waals surface area contributed by atoms with Crippen LogP contribution >= 0.6 is 0 Å². The van der Waals surface area contributed by atoms with Crippen molar-refractivity contribution in [3.8, 4) is 11.8 Å². The van der Waals surface area contributed by atoms with Crippen molar-refractivity contribution in [2.45, 2.75) is 52.0 Å². The summed E-state index contributed by atoms with van der Waals surface area (Å²) in [6.45, 7) is 5.23. The summed E-state index contributed by atoms with van der Waals surface area (Å²) in [5.74, 6) is 7.05. The smallest absolute Gasteiger partial charge is 0.00912 e. The van der Waals surface area contributed by atoms with Crippen LogP contribution in [0.5, 0.6) is 0 Å². The molecule has 1 saturated carbocycles. The monoisotopic (exact) mass is 179 g/mol. The van der Waals surface area contributed by atoms with Gasteiger partial charge in [0.1, 0.15) is 0 Å². The maximum atomic E-state index is 3.53. The molecular weight excluding hydrogens is 158 g/mol. The van der Waals surface area contributed by atoms with E-state index in [-0.39, 0.29) is 0 Å². The third-order valence-electron chi connectivity index (χ3n) is 2.89. The second-order valence-corrected chi connectivity index (χ2v) is 3.90. The maximum Gasteiger partial charge on any atom is 0.00912 e. The van der Waals surface area contributed by atoms with Gasteiger partial charge in [-0.15, -0.1) is 11.8 Å². The Bertz CT molecular complexity index is 187. The molecule has 0 aromatic carbocycles. The van der Waals surface area contributed by atoms with Crippen molar-refractivity contribution in [1.82, 2.24) is 5.32 Å². The predicted molar refractivity (Wildman–Crippen MR) is 57.5 cm³/mol. The van der Waals surface area contributed by atoms with Gasteiger partial charge in [0.05, 0.1) is 0 Å². The molecule has 1 aliphatic rings. The zero-order chi connectivity index (χ0) is 9.52. The zero-order valence-corrected chi connectivity index (χ0v) is 8.90. The first-order chi connectivity index (χ1) is 6.36. The van der Waals surface area contributed by atoms with Crippen LogP contribution in [0.1, 0.15) is 46.0 Å². The molecule has 0 bridgehead atoms. The maximum absolute atomic E-state index is 3.53. The molecule has 74 valence electrons. The summed E-state index contributed by atoms with van der Waals surface area (Å²) < 4.78 is 0. The van der Waals surface area contributed by atoms with E-state index in [9.17, 15) is 0 Å². The number of hydrogen-bond donors (Lipinski definition) is 1. The quantitative estimate of drug-likeness (QED) is 0.654. The summed E-state index contributed by atoms with van der Waals surface area (Å²) in [5, 5.41) is 3.53. The van der Waals surface area contributed by atoms with E-state index in [1.165, 1.54) is 25.7 Å². The van der Waals surface area contributed by atoms with Gasteiger partial charge in [-0.2, -0.15) is 0 Å². The van der Waals surface area contributed by atoms with E-state index in [0.717, 1.165) is 24.9 Å². The molecule has 13 heavy (non-hydrogen) atoms. The first-order valence-electron chi connectivity index (χ1n) is 5.49. The number of hydrogen-bond acceptors (Lipinski definition) is 1. The molecule has 0 aliphatic heterocycles. The molecule has 0 aromatic heterocycles. The molecule has 0 amide bonds. The topological polar surface area (TPSA) is 12.0 Å². The van der Waals surface area contributed by atoms with Gasteiger partial charge < -0.3 is 5.32 Å². The summed E-state index contributed by atoms with van der Waals surface area (Å²) >= 11 is 0. The predicted octanol–water partition coefficient (Wildman–Crippen LogP) is 2.57. The van der Waals surface area contributed by atoms with Gasteiger partial charge in [0, 0.05) is 12.5 Å². The molecule has 0 saturated heterocycles. The van der Waals surface area contributed by atoms with Gasteiger partial charge in [0.15, 0.2) is 0 Å². The fourth-order valence-corrected chi connectivity index (χ4v) is 2.21. The van der Waals surface area contributed by atoms with Gasteiger partial charge in [-0.05, 0) is 45.1 Å². The lowest BCUT2D eigenvalue weighted by atomic mass is 10.0. The lowest BCUT2D eigenvalue weighted by Crippen LogP contribution is -2.25. The van der Waals surface area contributed by atoms with Crippen molar-refractivity contribution < 1.29 is 0 Å². The lowest BCUT2D eigenvalue weighted by molar-refractivity contribution is 0.475. The first-order valence-corrected chi connectivity index (χ1v) is 5.49. The Kier molecular flexibility index (Phi) is 4.93. The molecule has 1 aliphatic carbocycles. The van der Waals surface area contributed by atoms with E-state index in [0.29, 0.717) is 0 Å². The summed E-state index contributed by atoms with van der Waals surface area (Å²) in [5.41, 5.74) is 0. The van der Waals surface area contributed by atoms with Gasteiger partial charge in [0.25, 0.3) is 0 Å². The molecule has 1 heteroatoms. The largest absolute Gasteiger partial charge is 0.314 e. The first kappa shape index (κ1) is 10.6. The van der Waals surface area contributed by atoms with Gasteiger partial charge in [0.2, 0.25) is 0 Å². The molecule has 1 fully saturated rings. The average Bonchev–Trinajstić information content (AvgIpc) is 2.54. The van der Waals surface area contributed by atoms with Crippen molar-refractivity contribution in [3.63, 3.8) is 0 Å². The van der Waals surface area contributed by atoms with Crippen LogP contribution < -0.4 is 5.32 Å². The van der Waals surface area contributed by atoms with Gasteiger partial charge in [-0.25, -0.2) is 0 Å². The van der Waals surface area contributed by atoms with Crippen molar-refractivity contribution >= 4 is 0 Å². The Morgan fingerprint density at radius 1 is 1.38 bits per heavy atom. The van der Waals surface area contributed by atoms with Crippen molar-refractivity contribution in [2.24, 2.45) is 5.92 Å². The SMILES string of the molecule is CC#CCCC1CCC(NCC)C1. The van der Waals surface area contributed by atoms with Crippen LogP contribution in [0.25, 0.3) is 0 Å². The summed E-state index contributed by atoms with van der Waals surface area (Å²) in [6, 6.07) is 0.796. The standard InChI is InChI=1S/C12H21N/c1-3-5-6-7-11-8-9-12(10-11)13-4-2/h11-13H,4,6-10H2,1-2H3. The highest BCUT2D eigenvalue weighted by Crippen LogP contribution is 2.28. The third kappa shape index (κ3) is 3.83. The number of rotatable bonds is 4. The molecule has 1 rings (SSSR count). The molecule has 2 unspecified atom stereocenters.